The molecule has 454 valence electrons. The zero-order chi connectivity index (χ0) is 58.5. The number of allylic oxidation sites excluding steroid dienone is 28. The Labute approximate surface area is 498 Å². The Morgan fingerprint density at radius 2 is 0.481 bits per heavy atom. The fourth-order valence-electron chi connectivity index (χ4n) is 8.36. The molecule has 0 rings (SSSR count). The molecule has 0 saturated heterocycles. The monoisotopic (exact) mass is 1110 g/mol. The second-order valence-corrected chi connectivity index (χ2v) is 20.9. The van der Waals surface area contributed by atoms with Gasteiger partial charge in [-0.2, -0.15) is 0 Å². The average Bonchev–Trinajstić information content (AvgIpc) is 3.47. The van der Waals surface area contributed by atoms with Crippen LogP contribution in [0.2, 0.25) is 0 Å². The van der Waals surface area contributed by atoms with Crippen molar-refractivity contribution in [1.29, 1.82) is 0 Å². The largest absolute Gasteiger partial charge is 0.462 e. The van der Waals surface area contributed by atoms with Crippen molar-refractivity contribution in [2.24, 2.45) is 0 Å². The van der Waals surface area contributed by atoms with Gasteiger partial charge in [0.2, 0.25) is 0 Å². The summed E-state index contributed by atoms with van der Waals surface area (Å²) in [5.41, 5.74) is 0. The maximum atomic E-state index is 12.9. The first-order valence-electron chi connectivity index (χ1n) is 32.6. The molecular weight excluding hydrogens is 997 g/mol. The van der Waals surface area contributed by atoms with Gasteiger partial charge in [0.1, 0.15) is 13.2 Å². The van der Waals surface area contributed by atoms with Gasteiger partial charge in [0.25, 0.3) is 0 Å². The van der Waals surface area contributed by atoms with E-state index in [0.717, 1.165) is 148 Å². The highest BCUT2D eigenvalue weighted by atomic mass is 16.6. The van der Waals surface area contributed by atoms with E-state index in [2.05, 4.69) is 191 Å². The van der Waals surface area contributed by atoms with Crippen molar-refractivity contribution in [2.45, 2.75) is 271 Å². The normalized spacial score (nSPS) is 13.3. The van der Waals surface area contributed by atoms with E-state index in [1.165, 1.54) is 70.6 Å². The summed E-state index contributed by atoms with van der Waals surface area (Å²) >= 11 is 0. The SMILES string of the molecule is CC/C=C\C/C=C\C/C=C\C/C=C\C/C=C\C/C=C\C/C=C\C/C=C\CCCCCCC(=O)OCC(COC(=O)CCCC/C=C\C/C=C\C/C=C\C/C=C\CC)OC(=O)CCCCCCCCCCC/C=C\C/C=C\CCCCC. The minimum Gasteiger partial charge on any atom is -0.462 e. The summed E-state index contributed by atoms with van der Waals surface area (Å²) in [4.78, 5) is 38.3. The van der Waals surface area contributed by atoms with Gasteiger partial charge in [-0.3, -0.25) is 14.4 Å². The van der Waals surface area contributed by atoms with Crippen molar-refractivity contribution in [1.82, 2.24) is 0 Å². The summed E-state index contributed by atoms with van der Waals surface area (Å²) in [7, 11) is 0. The van der Waals surface area contributed by atoms with Crippen molar-refractivity contribution < 1.29 is 28.6 Å². The van der Waals surface area contributed by atoms with Gasteiger partial charge >= 0.3 is 17.9 Å². The molecule has 81 heavy (non-hydrogen) atoms. The predicted octanol–water partition coefficient (Wildman–Crippen LogP) is 22.7. The van der Waals surface area contributed by atoms with Crippen molar-refractivity contribution in [2.75, 3.05) is 13.2 Å². The van der Waals surface area contributed by atoms with E-state index in [-0.39, 0.29) is 31.1 Å². The van der Waals surface area contributed by atoms with Gasteiger partial charge < -0.3 is 14.2 Å². The second kappa shape index (κ2) is 67.3. The summed E-state index contributed by atoms with van der Waals surface area (Å²) < 4.78 is 16.9. The van der Waals surface area contributed by atoms with Gasteiger partial charge in [0.05, 0.1) is 0 Å². The Kier molecular flexibility index (Phi) is 62.9. The first-order valence-corrected chi connectivity index (χ1v) is 32.6. The predicted molar refractivity (Wildman–Crippen MR) is 352 cm³/mol. The van der Waals surface area contributed by atoms with Crippen LogP contribution in [0.3, 0.4) is 0 Å². The Morgan fingerprint density at radius 1 is 0.259 bits per heavy atom. The highest BCUT2D eigenvalue weighted by Gasteiger charge is 2.19. The maximum absolute atomic E-state index is 12.9. The second-order valence-electron chi connectivity index (χ2n) is 20.9. The van der Waals surface area contributed by atoms with Crippen LogP contribution in [0.5, 0.6) is 0 Å². The third-order valence-electron chi connectivity index (χ3n) is 13.2. The van der Waals surface area contributed by atoms with E-state index < -0.39 is 6.10 Å². The lowest BCUT2D eigenvalue weighted by Gasteiger charge is -2.18. The lowest BCUT2D eigenvalue weighted by atomic mass is 10.1. The Balaban J connectivity index is 4.47. The van der Waals surface area contributed by atoms with Gasteiger partial charge in [-0.15, -0.1) is 0 Å². The van der Waals surface area contributed by atoms with Crippen LogP contribution >= 0.6 is 0 Å². The lowest BCUT2D eigenvalue weighted by molar-refractivity contribution is -0.167. The molecule has 0 aromatic carbocycles. The molecular formula is C75H118O6. The molecule has 0 aromatic rings. The number of esters is 3. The van der Waals surface area contributed by atoms with Crippen LogP contribution in [0.25, 0.3) is 0 Å². The van der Waals surface area contributed by atoms with Crippen LogP contribution < -0.4 is 0 Å². The van der Waals surface area contributed by atoms with Crippen molar-refractivity contribution >= 4 is 17.9 Å². The zero-order valence-corrected chi connectivity index (χ0v) is 52.0. The molecule has 0 amide bonds. The molecule has 6 nitrogen and oxygen atoms in total. The molecule has 0 aliphatic rings. The molecule has 1 unspecified atom stereocenters. The molecule has 0 spiro atoms. The van der Waals surface area contributed by atoms with Crippen LogP contribution in [0, 0.1) is 0 Å². The molecule has 0 aromatic heterocycles. The van der Waals surface area contributed by atoms with E-state index in [1.807, 2.05) is 0 Å². The summed E-state index contributed by atoms with van der Waals surface area (Å²) in [6, 6.07) is 0. The lowest BCUT2D eigenvalue weighted by Crippen LogP contribution is -2.30. The number of carbonyl (C=O) groups is 3. The average molecular weight is 1120 g/mol. The molecule has 6 heteroatoms. The van der Waals surface area contributed by atoms with E-state index in [4.69, 9.17) is 14.2 Å². The van der Waals surface area contributed by atoms with E-state index in [1.54, 1.807) is 0 Å². The summed E-state index contributed by atoms with van der Waals surface area (Å²) in [5.74, 6) is -0.987. The molecule has 0 bridgehead atoms. The number of ether oxygens (including phenoxy) is 3. The molecule has 0 radical (unpaired) electrons. The Bertz CT molecular complexity index is 1860. The minimum absolute atomic E-state index is 0.114. The molecule has 0 heterocycles. The fraction of sp³-hybridized carbons (Fsp3) is 0.587. The number of unbranched alkanes of at least 4 members (excludes halogenated alkanes) is 18. The molecule has 1 atom stereocenters. The zero-order valence-electron chi connectivity index (χ0n) is 52.0. The highest BCUT2D eigenvalue weighted by molar-refractivity contribution is 5.71. The number of rotatable bonds is 57. The fourth-order valence-corrected chi connectivity index (χ4v) is 8.36. The smallest absolute Gasteiger partial charge is 0.306 e. The van der Waals surface area contributed by atoms with E-state index >= 15 is 0 Å². The van der Waals surface area contributed by atoms with Crippen LogP contribution in [0.4, 0.5) is 0 Å². The summed E-state index contributed by atoms with van der Waals surface area (Å²) in [6.07, 6.45) is 99.3. The first-order chi connectivity index (χ1) is 40.0. The van der Waals surface area contributed by atoms with Gasteiger partial charge in [0.15, 0.2) is 6.10 Å². The van der Waals surface area contributed by atoms with Crippen LogP contribution in [-0.4, -0.2) is 37.2 Å². The quantitative estimate of drug-likeness (QED) is 0.0261. The summed E-state index contributed by atoms with van der Waals surface area (Å²) in [6.45, 7) is 6.32. The van der Waals surface area contributed by atoms with Gasteiger partial charge in [-0.25, -0.2) is 0 Å². The number of hydrogen-bond acceptors (Lipinski definition) is 6. The third-order valence-corrected chi connectivity index (χ3v) is 13.2. The van der Waals surface area contributed by atoms with Crippen LogP contribution in [0.1, 0.15) is 265 Å². The summed E-state index contributed by atoms with van der Waals surface area (Å²) in [5, 5.41) is 0. The topological polar surface area (TPSA) is 78.9 Å². The Hall–Kier alpha value is -5.23. The highest BCUT2D eigenvalue weighted by Crippen LogP contribution is 2.14. The van der Waals surface area contributed by atoms with Crippen LogP contribution in [0.15, 0.2) is 170 Å². The minimum atomic E-state index is -0.819. The first kappa shape index (κ1) is 75.8. The van der Waals surface area contributed by atoms with Crippen molar-refractivity contribution in [3.05, 3.63) is 170 Å². The van der Waals surface area contributed by atoms with Gasteiger partial charge in [0, 0.05) is 19.3 Å². The van der Waals surface area contributed by atoms with Crippen molar-refractivity contribution in [3.63, 3.8) is 0 Å². The van der Waals surface area contributed by atoms with E-state index in [9.17, 15) is 14.4 Å². The molecule has 0 aliphatic heterocycles. The number of carbonyl (C=O) groups excluding carboxylic acids is 3. The maximum Gasteiger partial charge on any atom is 0.306 e. The number of hydrogen-bond donors (Lipinski definition) is 0. The van der Waals surface area contributed by atoms with Crippen molar-refractivity contribution in [3.8, 4) is 0 Å². The standard InChI is InChI=1S/C75H118O6/c1-4-7-10-13-16-19-22-25-28-30-32-33-34-35-36-37-38-39-40-41-43-44-47-50-53-56-59-62-65-68-74(77)80-71-72(70-79-73(76)67-64-61-58-55-52-49-46-27-24-21-18-15-12-9-6-3)81-75(78)69-66-63-60-57-54-51-48-45-42-31-29-26-23-20-17-14-11-8-5-2/h7,9-10,12,16-21,25-29,32-33,35-36,38-39,41,43,46-47,50,52,55,72H,4-6,8,11,13-15,22-24,30-31,34,37,40,42,44-45,48-49,51,53-54,56-71H2,1-3H3/b10-7-,12-9-,19-16-,20-17-,21-18-,28-25-,29-26-,33-32-,36-35-,39-38-,43-41-,46-27-,50-47-,55-52-. The molecule has 0 saturated carbocycles. The molecule has 0 aliphatic carbocycles. The van der Waals surface area contributed by atoms with Gasteiger partial charge in [-0.1, -0.05) is 262 Å². The Morgan fingerprint density at radius 3 is 0.778 bits per heavy atom. The van der Waals surface area contributed by atoms with Gasteiger partial charge in [-0.05, 0) is 154 Å². The van der Waals surface area contributed by atoms with E-state index in [0.29, 0.717) is 25.7 Å². The van der Waals surface area contributed by atoms with Crippen LogP contribution in [-0.2, 0) is 28.6 Å². The molecule has 0 N–H and O–H groups in total. The molecule has 0 fully saturated rings. The third kappa shape index (κ3) is 65.5.